The number of aliphatic imine (C=N–C) groups is 1. The van der Waals surface area contributed by atoms with Crippen molar-refractivity contribution < 1.29 is 19.5 Å². The van der Waals surface area contributed by atoms with Crippen molar-refractivity contribution in [1.82, 2.24) is 0 Å². The molecule has 0 aliphatic carbocycles. The van der Waals surface area contributed by atoms with E-state index in [-0.39, 0.29) is 10.6 Å². The molecular formula is C15H11Cl2N2O5-. The quantitative estimate of drug-likeness (QED) is 0.454. The number of ether oxygens (including phenoxy) is 2. The number of nitro benzene ring substituents is 1. The number of nitrogens with zero attached hydrogens (tertiary/aromatic N) is 2. The highest BCUT2D eigenvalue weighted by molar-refractivity contribution is 6.32. The van der Waals surface area contributed by atoms with E-state index in [1.54, 1.807) is 0 Å². The lowest BCUT2D eigenvalue weighted by molar-refractivity contribution is -0.398. The molecule has 2 aromatic carbocycles. The monoisotopic (exact) mass is 369 g/mol. The summed E-state index contributed by atoms with van der Waals surface area (Å²) in [5.41, 5.74) is -0.322. The molecule has 0 saturated carbocycles. The highest BCUT2D eigenvalue weighted by Gasteiger charge is 2.12. The molecule has 0 amide bonds. The first-order chi connectivity index (χ1) is 11.4. The Morgan fingerprint density at radius 3 is 2.38 bits per heavy atom. The maximum absolute atomic E-state index is 12.0. The van der Waals surface area contributed by atoms with Crippen LogP contribution in [0.2, 0.25) is 10.0 Å². The first kappa shape index (κ1) is 17.8. The summed E-state index contributed by atoms with van der Waals surface area (Å²) in [5, 5.41) is 23.3. The van der Waals surface area contributed by atoms with E-state index in [4.69, 9.17) is 32.7 Å². The van der Waals surface area contributed by atoms with Gasteiger partial charge >= 0.3 is 0 Å². The molecule has 0 unspecified atom stereocenters. The van der Waals surface area contributed by atoms with Crippen LogP contribution in [0.25, 0.3) is 0 Å². The molecule has 0 aliphatic heterocycles. The number of rotatable bonds is 5. The molecule has 0 saturated heterocycles. The maximum Gasteiger partial charge on any atom is 0.263 e. The van der Waals surface area contributed by atoms with Gasteiger partial charge in [-0.15, -0.1) is 0 Å². The number of hydrogen-bond acceptors (Lipinski definition) is 6. The number of halogens is 2. The smallest absolute Gasteiger partial charge is 0.263 e. The van der Waals surface area contributed by atoms with E-state index in [1.165, 1.54) is 38.6 Å². The van der Waals surface area contributed by atoms with E-state index in [9.17, 15) is 15.2 Å². The van der Waals surface area contributed by atoms with Crippen LogP contribution in [0.1, 0.15) is 5.56 Å². The second-order valence-electron chi connectivity index (χ2n) is 4.52. The Bertz CT molecular complexity index is 824. The molecule has 2 aromatic rings. The van der Waals surface area contributed by atoms with Crippen molar-refractivity contribution in [3.63, 3.8) is 0 Å². The van der Waals surface area contributed by atoms with Gasteiger partial charge in [0, 0.05) is 23.4 Å². The zero-order valence-corrected chi connectivity index (χ0v) is 14.1. The summed E-state index contributed by atoms with van der Waals surface area (Å²) in [6.07, 6.45) is 1.17. The van der Waals surface area contributed by atoms with Crippen LogP contribution in [-0.2, 0) is 0 Å². The van der Waals surface area contributed by atoms with Gasteiger partial charge in [0.2, 0.25) is 0 Å². The Balaban J connectivity index is 2.49. The molecule has 0 heterocycles. The molecule has 0 aliphatic rings. The molecule has 0 fully saturated rings. The minimum atomic E-state index is -0.795. The van der Waals surface area contributed by atoms with Gasteiger partial charge in [-0.3, -0.25) is 15.1 Å². The summed E-state index contributed by atoms with van der Waals surface area (Å²) in [7, 11) is 2.89. The number of hydrogen-bond donors (Lipinski definition) is 0. The Morgan fingerprint density at radius 1 is 1.12 bits per heavy atom. The van der Waals surface area contributed by atoms with Crippen molar-refractivity contribution in [1.29, 1.82) is 0 Å². The fraction of sp³-hybridized carbons (Fsp3) is 0.133. The summed E-state index contributed by atoms with van der Waals surface area (Å²) in [5.74, 6) is -0.0291. The highest BCUT2D eigenvalue weighted by Crippen LogP contribution is 2.38. The summed E-state index contributed by atoms with van der Waals surface area (Å²) in [6.45, 7) is 0. The molecule has 0 radical (unpaired) electrons. The molecule has 0 atom stereocenters. The third kappa shape index (κ3) is 3.69. The van der Waals surface area contributed by atoms with Crippen molar-refractivity contribution >= 4 is 40.8 Å². The van der Waals surface area contributed by atoms with E-state index < -0.39 is 16.4 Å². The SMILES string of the molecule is COc1cc(OC)c(N=Cc2cc(Cl)cc([N+](=O)[O-])c2[O-])cc1Cl. The lowest BCUT2D eigenvalue weighted by atomic mass is 10.2. The fourth-order valence-corrected chi connectivity index (χ4v) is 2.37. The second-order valence-corrected chi connectivity index (χ2v) is 5.36. The van der Waals surface area contributed by atoms with Crippen LogP contribution in [0.4, 0.5) is 11.4 Å². The lowest BCUT2D eigenvalue weighted by Crippen LogP contribution is -2.02. The van der Waals surface area contributed by atoms with Crippen LogP contribution in [0.5, 0.6) is 17.2 Å². The van der Waals surface area contributed by atoms with E-state index >= 15 is 0 Å². The molecule has 7 nitrogen and oxygen atoms in total. The van der Waals surface area contributed by atoms with E-state index in [0.29, 0.717) is 22.2 Å². The van der Waals surface area contributed by atoms with Crippen molar-refractivity contribution in [3.8, 4) is 17.2 Å². The topological polar surface area (TPSA) is 97.0 Å². The van der Waals surface area contributed by atoms with Crippen molar-refractivity contribution in [2.75, 3.05) is 14.2 Å². The Morgan fingerprint density at radius 2 is 1.79 bits per heavy atom. The molecule has 0 aromatic heterocycles. The Kier molecular flexibility index (Phi) is 5.48. The van der Waals surface area contributed by atoms with Gasteiger partial charge in [0.05, 0.1) is 24.2 Å². The molecule has 24 heavy (non-hydrogen) atoms. The van der Waals surface area contributed by atoms with Crippen LogP contribution in [0.3, 0.4) is 0 Å². The van der Waals surface area contributed by atoms with E-state index in [1.807, 2.05) is 0 Å². The normalized spacial score (nSPS) is 10.8. The van der Waals surface area contributed by atoms with E-state index in [2.05, 4.69) is 4.99 Å². The second kappa shape index (κ2) is 7.37. The molecule has 2 rings (SSSR count). The maximum atomic E-state index is 12.0. The molecule has 9 heteroatoms. The molecule has 0 bridgehead atoms. The third-order valence-corrected chi connectivity index (χ3v) is 3.57. The van der Waals surface area contributed by atoms with Gasteiger partial charge in [0.25, 0.3) is 5.69 Å². The average molecular weight is 370 g/mol. The molecule has 0 N–H and O–H groups in total. The largest absolute Gasteiger partial charge is 0.867 e. The lowest BCUT2D eigenvalue weighted by Gasteiger charge is -2.12. The van der Waals surface area contributed by atoms with Crippen LogP contribution in [0, 0.1) is 10.1 Å². The van der Waals surface area contributed by atoms with Crippen LogP contribution < -0.4 is 14.6 Å². The van der Waals surface area contributed by atoms with Crippen LogP contribution >= 0.6 is 23.2 Å². The first-order valence-electron chi connectivity index (χ1n) is 6.48. The van der Waals surface area contributed by atoms with Gasteiger partial charge in [-0.2, -0.15) is 0 Å². The molecular weight excluding hydrogens is 359 g/mol. The van der Waals surface area contributed by atoms with Gasteiger partial charge < -0.3 is 14.6 Å². The van der Waals surface area contributed by atoms with Gasteiger partial charge in [-0.1, -0.05) is 23.2 Å². The number of nitro groups is 1. The number of benzene rings is 2. The van der Waals surface area contributed by atoms with Crippen molar-refractivity contribution in [2.24, 2.45) is 4.99 Å². The first-order valence-corrected chi connectivity index (χ1v) is 7.23. The minimum Gasteiger partial charge on any atom is -0.867 e. The predicted octanol–water partition coefficient (Wildman–Crippen LogP) is 3.74. The summed E-state index contributed by atoms with van der Waals surface area (Å²) >= 11 is 11.8. The zero-order chi connectivity index (χ0) is 17.9. The summed E-state index contributed by atoms with van der Waals surface area (Å²) < 4.78 is 10.3. The van der Waals surface area contributed by atoms with Crippen LogP contribution in [-0.4, -0.2) is 25.4 Å². The third-order valence-electron chi connectivity index (χ3n) is 3.06. The Hall–Kier alpha value is -2.51. The zero-order valence-electron chi connectivity index (χ0n) is 12.6. The van der Waals surface area contributed by atoms with Gasteiger partial charge in [-0.25, -0.2) is 0 Å². The Labute approximate surface area is 147 Å². The highest BCUT2D eigenvalue weighted by atomic mass is 35.5. The van der Waals surface area contributed by atoms with Gasteiger partial charge in [0.1, 0.15) is 17.2 Å². The van der Waals surface area contributed by atoms with Crippen molar-refractivity contribution in [3.05, 3.63) is 50.0 Å². The van der Waals surface area contributed by atoms with Crippen molar-refractivity contribution in [2.45, 2.75) is 0 Å². The minimum absolute atomic E-state index is 0.0248. The summed E-state index contributed by atoms with van der Waals surface area (Å²) in [4.78, 5) is 14.2. The van der Waals surface area contributed by atoms with Gasteiger partial charge in [0.15, 0.2) is 0 Å². The van der Waals surface area contributed by atoms with Gasteiger partial charge in [-0.05, 0) is 23.4 Å². The van der Waals surface area contributed by atoms with E-state index in [0.717, 1.165) is 6.07 Å². The average Bonchev–Trinajstić information content (AvgIpc) is 2.55. The molecule has 0 spiro atoms. The molecule has 126 valence electrons. The number of methoxy groups -OCH3 is 2. The van der Waals surface area contributed by atoms with Crippen LogP contribution in [0.15, 0.2) is 29.3 Å². The standard InChI is InChI=1S/C15H12Cl2N2O5/c1-23-13-6-14(24-2)11(5-10(13)17)18-7-8-3-9(16)4-12(15(8)20)19(21)22/h3-7,20H,1-2H3/p-1. The fourth-order valence-electron chi connectivity index (χ4n) is 1.92. The predicted molar refractivity (Wildman–Crippen MR) is 89.4 cm³/mol. The summed E-state index contributed by atoms with van der Waals surface area (Å²) in [6, 6.07) is 5.30.